The van der Waals surface area contributed by atoms with Crippen LogP contribution in [0.2, 0.25) is 0 Å². The van der Waals surface area contributed by atoms with Crippen molar-refractivity contribution in [3.63, 3.8) is 0 Å². The number of rotatable bonds is 5. The van der Waals surface area contributed by atoms with Crippen LogP contribution in [0.25, 0.3) is 0 Å². The van der Waals surface area contributed by atoms with Gasteiger partial charge in [-0.25, -0.2) is 4.79 Å². The molecule has 1 saturated carbocycles. The van der Waals surface area contributed by atoms with Crippen LogP contribution in [0.5, 0.6) is 5.75 Å². The molecule has 1 aromatic rings. The van der Waals surface area contributed by atoms with E-state index in [9.17, 15) is 9.59 Å². The van der Waals surface area contributed by atoms with Crippen LogP contribution in [0.4, 0.5) is 5.69 Å². The highest BCUT2D eigenvalue weighted by molar-refractivity contribution is 5.94. The van der Waals surface area contributed by atoms with Crippen molar-refractivity contribution in [2.45, 2.75) is 19.8 Å². The van der Waals surface area contributed by atoms with Crippen LogP contribution < -0.4 is 10.1 Å². The molecule has 0 unspecified atom stereocenters. The van der Waals surface area contributed by atoms with Crippen molar-refractivity contribution in [2.24, 2.45) is 5.92 Å². The van der Waals surface area contributed by atoms with Gasteiger partial charge in [0.1, 0.15) is 5.75 Å². The topological polar surface area (TPSA) is 75.6 Å². The molecule has 0 aromatic heterocycles. The minimum Gasteiger partial charge on any atom is -0.482 e. The second kappa shape index (κ2) is 5.08. The normalized spacial score (nSPS) is 14.1. The van der Waals surface area contributed by atoms with Crippen molar-refractivity contribution in [3.8, 4) is 5.75 Å². The Labute approximate surface area is 105 Å². The van der Waals surface area contributed by atoms with Gasteiger partial charge < -0.3 is 15.2 Å². The number of hydrogen-bond donors (Lipinski definition) is 2. The first kappa shape index (κ1) is 12.4. The highest BCUT2D eigenvalue weighted by Crippen LogP contribution is 2.31. The number of benzene rings is 1. The van der Waals surface area contributed by atoms with Crippen LogP contribution in [-0.4, -0.2) is 23.6 Å². The summed E-state index contributed by atoms with van der Waals surface area (Å²) in [6.45, 7) is 1.48. The van der Waals surface area contributed by atoms with Gasteiger partial charge in [0, 0.05) is 11.6 Å². The maximum Gasteiger partial charge on any atom is 0.341 e. The Morgan fingerprint density at radius 3 is 2.72 bits per heavy atom. The van der Waals surface area contributed by atoms with E-state index in [-0.39, 0.29) is 18.4 Å². The van der Waals surface area contributed by atoms with Crippen molar-refractivity contribution in [1.82, 2.24) is 0 Å². The van der Waals surface area contributed by atoms with E-state index >= 15 is 0 Å². The lowest BCUT2D eigenvalue weighted by Crippen LogP contribution is -2.14. The molecule has 0 saturated heterocycles. The summed E-state index contributed by atoms with van der Waals surface area (Å²) in [5.41, 5.74) is 1.60. The lowest BCUT2D eigenvalue weighted by atomic mass is 10.2. The molecule has 96 valence electrons. The van der Waals surface area contributed by atoms with Crippen molar-refractivity contribution < 1.29 is 19.4 Å². The smallest absolute Gasteiger partial charge is 0.341 e. The predicted octanol–water partition coefficient (Wildman–Crippen LogP) is 1.81. The molecule has 0 aliphatic heterocycles. The Hall–Kier alpha value is -2.04. The molecular weight excluding hydrogens is 234 g/mol. The molecule has 0 bridgehead atoms. The van der Waals surface area contributed by atoms with Gasteiger partial charge in [0.2, 0.25) is 5.91 Å². The van der Waals surface area contributed by atoms with Gasteiger partial charge in [-0.1, -0.05) is 0 Å². The second-order valence-corrected chi connectivity index (χ2v) is 4.42. The number of anilines is 1. The molecule has 1 aliphatic rings. The average Bonchev–Trinajstić information content (AvgIpc) is 3.13. The van der Waals surface area contributed by atoms with Crippen LogP contribution in [0, 0.1) is 12.8 Å². The lowest BCUT2D eigenvalue weighted by molar-refractivity contribution is -0.139. The number of carbonyl (C=O) groups excluding carboxylic acids is 1. The van der Waals surface area contributed by atoms with Gasteiger partial charge in [0.25, 0.3) is 0 Å². The zero-order chi connectivity index (χ0) is 13.1. The molecule has 1 aromatic carbocycles. The van der Waals surface area contributed by atoms with Crippen LogP contribution in [0.3, 0.4) is 0 Å². The molecule has 0 heterocycles. The van der Waals surface area contributed by atoms with Crippen molar-refractivity contribution in [1.29, 1.82) is 0 Å². The van der Waals surface area contributed by atoms with Crippen molar-refractivity contribution in [2.75, 3.05) is 11.9 Å². The molecule has 2 N–H and O–H groups in total. The summed E-state index contributed by atoms with van der Waals surface area (Å²) in [7, 11) is 0. The van der Waals surface area contributed by atoms with Gasteiger partial charge in [0.15, 0.2) is 6.61 Å². The zero-order valence-electron chi connectivity index (χ0n) is 10.1. The number of aliphatic carboxylic acids is 1. The van der Waals surface area contributed by atoms with Gasteiger partial charge in [-0.3, -0.25) is 4.79 Å². The maximum absolute atomic E-state index is 11.6. The third-order valence-corrected chi connectivity index (χ3v) is 2.77. The van der Waals surface area contributed by atoms with Gasteiger partial charge >= 0.3 is 5.97 Å². The molecule has 18 heavy (non-hydrogen) atoms. The maximum atomic E-state index is 11.6. The summed E-state index contributed by atoms with van der Waals surface area (Å²) in [4.78, 5) is 22.0. The van der Waals surface area contributed by atoms with E-state index in [0.717, 1.165) is 24.1 Å². The quantitative estimate of drug-likeness (QED) is 0.834. The highest BCUT2D eigenvalue weighted by Gasteiger charge is 2.29. The number of ether oxygens (including phenoxy) is 1. The lowest BCUT2D eigenvalue weighted by Gasteiger charge is -2.10. The van der Waals surface area contributed by atoms with Crippen molar-refractivity contribution >= 4 is 17.6 Å². The fraction of sp³-hybridized carbons (Fsp3) is 0.385. The van der Waals surface area contributed by atoms with E-state index in [4.69, 9.17) is 9.84 Å². The van der Waals surface area contributed by atoms with Crippen LogP contribution >= 0.6 is 0 Å². The number of amides is 1. The second-order valence-electron chi connectivity index (χ2n) is 4.42. The number of carboxylic acid groups (broad SMARTS) is 1. The molecule has 2 rings (SSSR count). The first-order valence-corrected chi connectivity index (χ1v) is 5.82. The Bertz CT molecular complexity index is 480. The van der Waals surface area contributed by atoms with E-state index in [2.05, 4.69) is 5.32 Å². The zero-order valence-corrected chi connectivity index (χ0v) is 10.1. The third kappa shape index (κ3) is 3.23. The van der Waals surface area contributed by atoms with E-state index in [1.165, 1.54) is 0 Å². The molecule has 0 atom stereocenters. The molecule has 1 amide bonds. The van der Waals surface area contributed by atoms with Crippen LogP contribution in [0.15, 0.2) is 18.2 Å². The molecular formula is C13H15NO4. The monoisotopic (exact) mass is 249 g/mol. The summed E-state index contributed by atoms with van der Waals surface area (Å²) < 4.78 is 5.06. The fourth-order valence-electron chi connectivity index (χ4n) is 1.59. The van der Waals surface area contributed by atoms with Gasteiger partial charge in [0.05, 0.1) is 0 Å². The minimum absolute atomic E-state index is 0.0531. The Morgan fingerprint density at radius 2 is 2.17 bits per heavy atom. The summed E-state index contributed by atoms with van der Waals surface area (Å²) in [5.74, 6) is -0.317. The Morgan fingerprint density at radius 1 is 1.44 bits per heavy atom. The number of carbonyl (C=O) groups is 2. The van der Waals surface area contributed by atoms with Crippen molar-refractivity contribution in [3.05, 3.63) is 23.8 Å². The first-order chi connectivity index (χ1) is 8.56. The number of carboxylic acids is 1. The van der Waals surface area contributed by atoms with Gasteiger partial charge in [-0.05, 0) is 43.5 Å². The minimum atomic E-state index is -1.02. The van der Waals surface area contributed by atoms with Crippen LogP contribution in [-0.2, 0) is 9.59 Å². The van der Waals surface area contributed by atoms with E-state index in [0.29, 0.717) is 5.75 Å². The number of nitrogens with one attached hydrogen (secondary N) is 1. The van der Waals surface area contributed by atoms with Gasteiger partial charge in [-0.2, -0.15) is 0 Å². The van der Waals surface area contributed by atoms with Crippen LogP contribution in [0.1, 0.15) is 18.4 Å². The number of aryl methyl sites for hydroxylation is 1. The average molecular weight is 249 g/mol. The molecule has 0 radical (unpaired) electrons. The summed E-state index contributed by atoms with van der Waals surface area (Å²) >= 11 is 0. The molecule has 1 aliphatic carbocycles. The first-order valence-electron chi connectivity index (χ1n) is 5.82. The fourth-order valence-corrected chi connectivity index (χ4v) is 1.59. The Balaban J connectivity index is 1.99. The number of hydrogen-bond acceptors (Lipinski definition) is 3. The Kier molecular flexibility index (Phi) is 3.50. The molecule has 5 nitrogen and oxygen atoms in total. The van der Waals surface area contributed by atoms with E-state index < -0.39 is 5.97 Å². The third-order valence-electron chi connectivity index (χ3n) is 2.77. The predicted molar refractivity (Wildman–Crippen MR) is 65.7 cm³/mol. The molecule has 0 spiro atoms. The summed E-state index contributed by atoms with van der Waals surface area (Å²) in [5, 5.41) is 11.4. The standard InChI is InChI=1S/C13H15NO4/c1-8-6-10(18-7-12(15)16)4-5-11(8)14-13(17)9-2-3-9/h4-6,9H,2-3,7H2,1H3,(H,14,17)(H,15,16). The molecule has 1 fully saturated rings. The molecule has 5 heteroatoms. The highest BCUT2D eigenvalue weighted by atomic mass is 16.5. The summed E-state index contributed by atoms with van der Waals surface area (Å²) in [6.07, 6.45) is 1.93. The largest absolute Gasteiger partial charge is 0.482 e. The summed E-state index contributed by atoms with van der Waals surface area (Å²) in [6, 6.07) is 5.09. The van der Waals surface area contributed by atoms with E-state index in [1.807, 2.05) is 6.92 Å². The van der Waals surface area contributed by atoms with Gasteiger partial charge in [-0.15, -0.1) is 0 Å². The SMILES string of the molecule is Cc1cc(OCC(=O)O)ccc1NC(=O)C1CC1. The van der Waals surface area contributed by atoms with E-state index in [1.54, 1.807) is 18.2 Å².